The molecule has 2 aromatic rings. The molecule has 1 aromatic heterocycles. The fourth-order valence-electron chi connectivity index (χ4n) is 7.21. The van der Waals surface area contributed by atoms with Crippen LogP contribution in [0.4, 0.5) is 0 Å². The molecule has 1 amide bonds. The number of methoxy groups -OCH3 is 1. The van der Waals surface area contributed by atoms with E-state index in [2.05, 4.69) is 10.3 Å². The second kappa shape index (κ2) is 11.5. The lowest BCUT2D eigenvalue weighted by atomic mass is 9.52. The predicted octanol–water partition coefficient (Wildman–Crippen LogP) is 0.826. The number of hydrogen-bond acceptors (Lipinski definition) is 11. The van der Waals surface area contributed by atoms with Crippen LogP contribution in [0, 0.1) is 23.7 Å². The summed E-state index contributed by atoms with van der Waals surface area (Å²) in [7, 11) is 4.60. The Morgan fingerprint density at radius 1 is 1.23 bits per heavy atom. The van der Waals surface area contributed by atoms with Crippen LogP contribution in [0.1, 0.15) is 48.2 Å². The number of likely N-dealkylation sites (N-methyl/N-ethyl adjacent to an activating group) is 1. The average molecular weight is 607 g/mol. The van der Waals surface area contributed by atoms with E-state index >= 15 is 0 Å². The molecule has 2 fully saturated rings. The molecule has 12 nitrogen and oxygen atoms in total. The second-order valence-corrected chi connectivity index (χ2v) is 12.4. The third-order valence-corrected chi connectivity index (χ3v) is 9.65. The van der Waals surface area contributed by atoms with E-state index in [4.69, 9.17) is 10.5 Å². The summed E-state index contributed by atoms with van der Waals surface area (Å²) in [5.74, 6) is -10.4. The number of primary amides is 1. The largest absolute Gasteiger partial charge is 0.507 e. The maximum Gasteiger partial charge on any atom is 0.235 e. The molecule has 44 heavy (non-hydrogen) atoms. The van der Waals surface area contributed by atoms with E-state index < -0.39 is 64.4 Å². The maximum absolute atomic E-state index is 14.3. The summed E-state index contributed by atoms with van der Waals surface area (Å²) >= 11 is 0. The molecule has 234 valence electrons. The molecule has 12 heteroatoms. The number of fused-ring (bicyclic) bond motifs is 3. The highest BCUT2D eigenvalue weighted by atomic mass is 16.5. The Labute approximate surface area is 255 Å². The minimum atomic E-state index is -2.77. The molecule has 0 bridgehead atoms. The molecule has 0 aliphatic heterocycles. The van der Waals surface area contributed by atoms with Crippen LogP contribution in [-0.4, -0.2) is 88.0 Å². The van der Waals surface area contributed by atoms with Gasteiger partial charge in [-0.25, -0.2) is 4.98 Å². The summed E-state index contributed by atoms with van der Waals surface area (Å²) < 4.78 is 5.20. The number of nitrogens with two attached hydrogens (primary N) is 1. The van der Waals surface area contributed by atoms with Crippen molar-refractivity contribution in [2.75, 3.05) is 21.2 Å². The number of ketones is 4. The number of ether oxygens (including phenoxy) is 1. The molecule has 0 saturated heterocycles. The van der Waals surface area contributed by atoms with Gasteiger partial charge in [0.05, 0.1) is 24.6 Å². The quantitative estimate of drug-likeness (QED) is 0.312. The molecule has 7 atom stereocenters. The topological polar surface area (TPSA) is 189 Å². The van der Waals surface area contributed by atoms with E-state index in [0.29, 0.717) is 28.1 Å². The van der Waals surface area contributed by atoms with Gasteiger partial charge in [0.1, 0.15) is 5.75 Å². The summed E-state index contributed by atoms with van der Waals surface area (Å²) in [5.41, 5.74) is 4.83. The summed E-state index contributed by atoms with van der Waals surface area (Å²) in [6, 6.07) is 4.22. The van der Waals surface area contributed by atoms with Crippen molar-refractivity contribution in [3.05, 3.63) is 41.1 Å². The molecule has 3 aliphatic carbocycles. The Hall–Kier alpha value is -4.00. The molecule has 5 rings (SSSR count). The number of rotatable bonds is 8. The minimum absolute atomic E-state index is 0.0255. The Balaban J connectivity index is 1.67. The third-order valence-electron chi connectivity index (χ3n) is 9.65. The fraction of sp³-hybridized carbons (Fsp3) is 0.500. The van der Waals surface area contributed by atoms with Crippen molar-refractivity contribution >= 4 is 29.0 Å². The highest BCUT2D eigenvalue weighted by Gasteiger charge is 2.69. The average Bonchev–Trinajstić information content (AvgIpc) is 2.98. The lowest BCUT2D eigenvalue weighted by Gasteiger charge is -2.52. The number of carbonyl (C=O) groups is 5. The van der Waals surface area contributed by atoms with Crippen molar-refractivity contribution in [3.8, 4) is 22.8 Å². The fourth-order valence-corrected chi connectivity index (χ4v) is 7.21. The minimum Gasteiger partial charge on any atom is -0.507 e. The first-order valence-electron chi connectivity index (χ1n) is 14.7. The van der Waals surface area contributed by atoms with E-state index in [1.807, 2.05) is 13.8 Å². The Morgan fingerprint density at radius 2 is 1.93 bits per heavy atom. The summed E-state index contributed by atoms with van der Waals surface area (Å²) in [6.07, 6.45) is 2.56. The molecule has 0 radical (unpaired) electrons. The zero-order valence-corrected chi connectivity index (χ0v) is 25.4. The van der Waals surface area contributed by atoms with Gasteiger partial charge < -0.3 is 26.0 Å². The van der Waals surface area contributed by atoms with E-state index in [-0.39, 0.29) is 36.7 Å². The van der Waals surface area contributed by atoms with Gasteiger partial charge >= 0.3 is 0 Å². The van der Waals surface area contributed by atoms with Gasteiger partial charge in [-0.05, 0) is 69.5 Å². The number of pyridine rings is 1. The van der Waals surface area contributed by atoms with Crippen LogP contribution >= 0.6 is 0 Å². The maximum atomic E-state index is 14.3. The number of aromatic hydroxyl groups is 1. The Bertz CT molecular complexity index is 1550. The number of carbonyl (C=O) groups excluding carboxylic acids is 5. The highest BCUT2D eigenvalue weighted by molar-refractivity contribution is 6.32. The van der Waals surface area contributed by atoms with E-state index in [0.717, 1.165) is 6.42 Å². The summed E-state index contributed by atoms with van der Waals surface area (Å²) in [5, 5.41) is 26.6. The molecule has 5 N–H and O–H groups in total. The van der Waals surface area contributed by atoms with E-state index in [9.17, 15) is 34.2 Å². The van der Waals surface area contributed by atoms with Gasteiger partial charge in [-0.1, -0.05) is 6.92 Å². The first-order chi connectivity index (χ1) is 20.8. The predicted molar refractivity (Wildman–Crippen MR) is 158 cm³/mol. The van der Waals surface area contributed by atoms with Gasteiger partial charge in [0.25, 0.3) is 0 Å². The number of phenols is 1. The first-order valence-corrected chi connectivity index (χ1v) is 14.7. The van der Waals surface area contributed by atoms with Crippen LogP contribution in [0.3, 0.4) is 0 Å². The van der Waals surface area contributed by atoms with Crippen LogP contribution < -0.4 is 15.8 Å². The molecule has 3 aliphatic rings. The van der Waals surface area contributed by atoms with Crippen molar-refractivity contribution < 1.29 is 38.9 Å². The normalized spacial score (nSPS) is 28.8. The van der Waals surface area contributed by atoms with Gasteiger partial charge in [-0.3, -0.25) is 28.9 Å². The molecule has 2 saturated carbocycles. The number of benzene rings is 1. The highest BCUT2D eigenvalue weighted by Crippen LogP contribution is 2.52. The van der Waals surface area contributed by atoms with Gasteiger partial charge in [0.2, 0.25) is 11.8 Å². The lowest BCUT2D eigenvalue weighted by molar-refractivity contribution is -0.181. The standard InChI is InChI=1S/C32H38N4O8/c1-6-14(2)34-13-17-10-18(15-7-8-21(44-5)35-12-15)19-9-16-11-20-25(36(3)4)28(39)24(31(33)42)30(41)32(20,43)29(40)22(16)27(38)23(19)26(17)37/h7-8,10,12,14,16,20,22,24-25,34,37,43H,6,9,11,13H2,1-5H3,(H2,33,42)/t14?,16-,20-,22?,24?,25-,32-/m1/s1. The van der Waals surface area contributed by atoms with Crippen LogP contribution in [0.5, 0.6) is 11.6 Å². The van der Waals surface area contributed by atoms with Gasteiger partial charge in [0.15, 0.2) is 34.7 Å². The molecule has 3 unspecified atom stereocenters. The van der Waals surface area contributed by atoms with Crippen molar-refractivity contribution in [2.45, 2.75) is 57.3 Å². The van der Waals surface area contributed by atoms with Crippen LogP contribution in [0.2, 0.25) is 0 Å². The second-order valence-electron chi connectivity index (χ2n) is 12.4. The third kappa shape index (κ3) is 4.72. The zero-order chi connectivity index (χ0) is 32.2. The zero-order valence-electron chi connectivity index (χ0n) is 25.4. The van der Waals surface area contributed by atoms with Crippen molar-refractivity contribution in [2.24, 2.45) is 29.4 Å². The number of aromatic nitrogens is 1. The number of nitrogens with one attached hydrogen (secondary N) is 1. The smallest absolute Gasteiger partial charge is 0.235 e. The summed E-state index contributed by atoms with van der Waals surface area (Å²) in [4.78, 5) is 73.3. The van der Waals surface area contributed by atoms with Gasteiger partial charge in [0, 0.05) is 41.9 Å². The number of nitrogens with zero attached hydrogens (tertiary/aromatic N) is 2. The molecular formula is C32H38N4O8. The van der Waals surface area contributed by atoms with Crippen molar-refractivity contribution in [3.63, 3.8) is 0 Å². The number of Topliss-reactive ketones (excluding diaryl/α,β-unsaturated/α-hetero) is 4. The number of amides is 1. The molecular weight excluding hydrogens is 568 g/mol. The van der Waals surface area contributed by atoms with Crippen LogP contribution in [-0.2, 0) is 32.1 Å². The van der Waals surface area contributed by atoms with Gasteiger partial charge in [-0.2, -0.15) is 0 Å². The number of hydrogen-bond donors (Lipinski definition) is 4. The summed E-state index contributed by atoms with van der Waals surface area (Å²) in [6.45, 7) is 4.24. The van der Waals surface area contributed by atoms with E-state index in [1.165, 1.54) is 12.0 Å². The monoisotopic (exact) mass is 606 g/mol. The lowest BCUT2D eigenvalue weighted by Crippen LogP contribution is -2.74. The van der Waals surface area contributed by atoms with Crippen molar-refractivity contribution in [1.82, 2.24) is 15.2 Å². The van der Waals surface area contributed by atoms with Gasteiger partial charge in [-0.15, -0.1) is 0 Å². The van der Waals surface area contributed by atoms with Crippen molar-refractivity contribution in [1.29, 1.82) is 0 Å². The SMILES string of the molecule is CCC(C)NCc1cc(-c2ccc(OC)nc2)c2c(c1O)C(=O)C1C(=O)[C@@]3(O)C(=O)C(C(N)=O)C(=O)[C@H](N(C)C)[C@H]3C[C@H]1C2. The van der Waals surface area contributed by atoms with E-state index in [1.54, 1.807) is 38.5 Å². The molecule has 0 spiro atoms. The number of phenolic OH excluding ortho intramolecular Hbond substituents is 1. The number of aliphatic hydroxyl groups is 1. The van der Waals surface area contributed by atoms with Crippen LogP contribution in [0.25, 0.3) is 11.1 Å². The van der Waals surface area contributed by atoms with Crippen LogP contribution in [0.15, 0.2) is 24.4 Å². The molecule has 1 aromatic carbocycles. The first kappa shape index (κ1) is 31.4. The molecule has 1 heterocycles. The Morgan fingerprint density at radius 3 is 2.50 bits per heavy atom. The Kier molecular flexibility index (Phi) is 8.21.